The summed E-state index contributed by atoms with van der Waals surface area (Å²) in [6.45, 7) is 0. The average Bonchev–Trinajstić information content (AvgIpc) is 1.37. The summed E-state index contributed by atoms with van der Waals surface area (Å²) >= 11 is 5.15. The molecule has 0 aromatic carbocycles. The molecule has 0 amide bonds. The number of alkyl halides is 1. The van der Waals surface area contributed by atoms with E-state index in [1.54, 1.807) is 0 Å². The molecule has 0 unspecified atom stereocenters. The molecular formula is CH4AlClN. The molecule has 0 aliphatic heterocycles. The van der Waals surface area contributed by atoms with Gasteiger partial charge in [-0.15, -0.1) is 11.6 Å². The Morgan fingerprint density at radius 1 is 2.00 bits per heavy atom. The lowest BCUT2D eigenvalue weighted by Gasteiger charge is -1.61. The minimum Gasteiger partial charge on any atom is -0.419 e. The first kappa shape index (κ1) is 4.78. The molecule has 0 bridgehead atoms. The van der Waals surface area contributed by atoms with E-state index >= 15 is 0 Å². The van der Waals surface area contributed by atoms with Crippen LogP contribution in [0.5, 0.6) is 0 Å². The summed E-state index contributed by atoms with van der Waals surface area (Å²) in [7, 11) is 0. The maximum absolute atomic E-state index is 5.10. The lowest BCUT2D eigenvalue weighted by atomic mass is 11.9. The molecule has 1 radical (unpaired) electrons. The van der Waals surface area contributed by atoms with Gasteiger partial charge in [0.15, 0.2) is 0 Å². The molecule has 23 valence electrons. The molecule has 0 aliphatic carbocycles. The minimum atomic E-state index is 0.0478. The van der Waals surface area contributed by atoms with Gasteiger partial charge in [-0.25, -0.2) is 0 Å². The van der Waals surface area contributed by atoms with Crippen LogP contribution in [0.2, 0.25) is 0 Å². The highest BCUT2D eigenvalue weighted by Crippen LogP contribution is 1.57. The highest BCUT2D eigenvalue weighted by molar-refractivity contribution is 6.47. The molecule has 0 rings (SSSR count). The Hall–Kier alpha value is 0.782. The van der Waals surface area contributed by atoms with Gasteiger partial charge in [-0.2, -0.15) is 0 Å². The summed E-state index contributed by atoms with van der Waals surface area (Å²) < 4.78 is 5.63. The second-order valence-electron chi connectivity index (χ2n) is 0.390. The molecule has 0 aromatic rings. The number of nitrogens with two attached hydrogens (primary N) is 1. The molecule has 0 saturated heterocycles. The van der Waals surface area contributed by atoms with E-state index in [2.05, 4.69) is 0 Å². The van der Waals surface area contributed by atoms with Gasteiger partial charge in [0, 0.05) is 0 Å². The second kappa shape index (κ2) is 3.78. The molecule has 1 nitrogen and oxygen atoms in total. The summed E-state index contributed by atoms with van der Waals surface area (Å²) in [4.78, 5) is 0. The van der Waals surface area contributed by atoms with E-state index < -0.39 is 0 Å². The van der Waals surface area contributed by atoms with Gasteiger partial charge >= 0.3 is 15.4 Å². The van der Waals surface area contributed by atoms with Gasteiger partial charge in [0.2, 0.25) is 0 Å². The van der Waals surface area contributed by atoms with Crippen LogP contribution in [0.1, 0.15) is 0 Å². The maximum Gasteiger partial charge on any atom is 0.335 e. The molecule has 2 N–H and O–H groups in total. The Morgan fingerprint density at radius 3 is 2.25 bits per heavy atom. The average molecular weight is 92.5 g/mol. The summed E-state index contributed by atoms with van der Waals surface area (Å²) in [6.07, 6.45) is 0. The van der Waals surface area contributed by atoms with Crippen LogP contribution in [0.3, 0.4) is 0 Å². The number of hydrogen-bond donors (Lipinski definition) is 1. The standard InChI is InChI=1S/CH2Cl.Al.H2N/c1-2;;/h1H2;;1H2/q;+1;-1. The van der Waals surface area contributed by atoms with Crippen molar-refractivity contribution in [2.24, 2.45) is 4.72 Å². The number of halogens is 1. The summed E-state index contributed by atoms with van der Waals surface area (Å²) in [5.41, 5.74) is 0. The Bertz CT molecular complexity index is 10.0. The van der Waals surface area contributed by atoms with Crippen molar-refractivity contribution in [2.45, 2.75) is 0 Å². The van der Waals surface area contributed by atoms with Crippen LogP contribution < -0.4 is 4.72 Å². The largest absolute Gasteiger partial charge is 0.419 e. The van der Waals surface area contributed by atoms with E-state index in [1.165, 1.54) is 0 Å². The Labute approximate surface area is 37.1 Å². The van der Waals surface area contributed by atoms with Gasteiger partial charge in [-0.05, 0) is 4.74 Å². The number of rotatable bonds is 1. The van der Waals surface area contributed by atoms with E-state index in [0.717, 1.165) is 0 Å². The van der Waals surface area contributed by atoms with Gasteiger partial charge in [-0.1, -0.05) is 0 Å². The van der Waals surface area contributed by atoms with Gasteiger partial charge < -0.3 is 4.72 Å². The topological polar surface area (TPSA) is 26.0 Å². The van der Waals surface area contributed by atoms with Crippen LogP contribution in [0.4, 0.5) is 0 Å². The van der Waals surface area contributed by atoms with Crippen molar-refractivity contribution in [2.75, 3.05) is 4.74 Å². The molecule has 0 fully saturated rings. The molecule has 0 heterocycles. The van der Waals surface area contributed by atoms with E-state index in [1.807, 2.05) is 0 Å². The third-order valence-electron chi connectivity index (χ3n) is 0.0891. The highest BCUT2D eigenvalue weighted by atomic mass is 35.5. The summed E-state index contributed by atoms with van der Waals surface area (Å²) in [5, 5.41) is 0. The van der Waals surface area contributed by atoms with Crippen LogP contribution in [0.15, 0.2) is 0 Å². The van der Waals surface area contributed by atoms with Gasteiger partial charge in [0.1, 0.15) is 0 Å². The third kappa shape index (κ3) is 2.78. The maximum atomic E-state index is 5.10. The first-order chi connectivity index (χ1) is 1.91. The van der Waals surface area contributed by atoms with E-state index in [-0.39, 0.29) is 15.4 Å². The summed E-state index contributed by atoms with van der Waals surface area (Å²) in [5.74, 6) is 0. The molecule has 3 heteroatoms. The van der Waals surface area contributed by atoms with Crippen molar-refractivity contribution in [1.82, 2.24) is 0 Å². The zero-order valence-electron chi connectivity index (χ0n) is 2.24. The molecule has 0 aliphatic rings. The zero-order chi connectivity index (χ0) is 3.41. The summed E-state index contributed by atoms with van der Waals surface area (Å²) in [6, 6.07) is 0. The van der Waals surface area contributed by atoms with E-state index in [0.29, 0.717) is 4.74 Å². The molecule has 0 atom stereocenters. The fourth-order valence-corrected chi connectivity index (χ4v) is 0. The molecule has 4 heavy (non-hydrogen) atoms. The van der Waals surface area contributed by atoms with Gasteiger partial charge in [-0.3, -0.25) is 0 Å². The predicted octanol–water partition coefficient (Wildman–Crippen LogP) is -0.239. The predicted molar refractivity (Wildman–Crippen MR) is 20.7 cm³/mol. The van der Waals surface area contributed by atoms with Crippen molar-refractivity contribution in [3.8, 4) is 0 Å². The van der Waals surface area contributed by atoms with Crippen molar-refractivity contribution < 1.29 is 0 Å². The second-order valence-corrected chi connectivity index (χ2v) is 2.10. The van der Waals surface area contributed by atoms with Crippen LogP contribution >= 0.6 is 11.6 Å². The fraction of sp³-hybridized carbons (Fsp3) is 1.00. The van der Waals surface area contributed by atoms with Crippen LogP contribution in [-0.4, -0.2) is 20.2 Å². The van der Waals surface area contributed by atoms with Crippen LogP contribution in [0, 0.1) is 0 Å². The SMILES string of the molecule is [NH2][Al][CH2]Cl. The quantitative estimate of drug-likeness (QED) is 0.351. The normalized spacial score (nSPS) is 6.50. The molecular weight excluding hydrogens is 88.5 g/mol. The number of hydrogen-bond acceptors (Lipinski definition) is 1. The smallest absolute Gasteiger partial charge is 0.335 e. The van der Waals surface area contributed by atoms with Crippen LogP contribution in [-0.2, 0) is 0 Å². The van der Waals surface area contributed by atoms with Gasteiger partial charge in [0.05, 0.1) is 0 Å². The fourth-order valence-electron chi connectivity index (χ4n) is 0. The lowest BCUT2D eigenvalue weighted by Crippen LogP contribution is -2.04. The lowest BCUT2D eigenvalue weighted by molar-refractivity contribution is 1.84. The Balaban J connectivity index is 1.97. The van der Waals surface area contributed by atoms with Crippen molar-refractivity contribution in [3.63, 3.8) is 0 Å². The van der Waals surface area contributed by atoms with Gasteiger partial charge in [0.25, 0.3) is 0 Å². The monoisotopic (exact) mass is 92.0 g/mol. The highest BCUT2D eigenvalue weighted by Gasteiger charge is 1.68. The van der Waals surface area contributed by atoms with E-state index in [9.17, 15) is 0 Å². The zero-order valence-corrected chi connectivity index (χ0v) is 4.15. The minimum absolute atomic E-state index is 0.0478. The van der Waals surface area contributed by atoms with E-state index in [4.69, 9.17) is 16.3 Å². The van der Waals surface area contributed by atoms with Crippen LogP contribution in [0.25, 0.3) is 0 Å². The van der Waals surface area contributed by atoms with Crippen molar-refractivity contribution in [3.05, 3.63) is 0 Å². The Kier molecular flexibility index (Phi) is 4.52. The molecule has 0 aromatic heterocycles. The first-order valence-corrected chi connectivity index (χ1v) is 3.03. The first-order valence-electron chi connectivity index (χ1n) is 1.01. The Morgan fingerprint density at radius 2 is 2.25 bits per heavy atom. The molecule has 0 saturated carbocycles. The third-order valence-corrected chi connectivity index (χ3v) is 0.802. The van der Waals surface area contributed by atoms with Crippen molar-refractivity contribution in [1.29, 1.82) is 0 Å². The molecule has 0 spiro atoms. The van der Waals surface area contributed by atoms with Crippen molar-refractivity contribution >= 4 is 27.0 Å².